The van der Waals surface area contributed by atoms with Crippen LogP contribution in [0.3, 0.4) is 0 Å². The van der Waals surface area contributed by atoms with Gasteiger partial charge in [-0.15, -0.1) is 0 Å². The van der Waals surface area contributed by atoms with Crippen LogP contribution >= 0.6 is 0 Å². The number of hydrogen-bond donors (Lipinski definition) is 4. The molecule has 0 radical (unpaired) electrons. The fourth-order valence-electron chi connectivity index (χ4n) is 4.11. The molecule has 0 aliphatic heterocycles. The zero-order valence-corrected chi connectivity index (χ0v) is 33.9. The van der Waals surface area contributed by atoms with E-state index in [2.05, 4.69) is 116 Å². The van der Waals surface area contributed by atoms with E-state index in [-0.39, 0.29) is 36.4 Å². The fourth-order valence-corrected chi connectivity index (χ4v) is 11.6. The van der Waals surface area contributed by atoms with E-state index in [1.54, 1.807) is 6.92 Å². The number of ether oxygens (including phenoxy) is 1. The maximum atomic E-state index is 11.0. The second-order valence-corrected chi connectivity index (χ2v) is 28.9. The SMILES string of the molecule is C.C.C=C(C)C(=O)NCCC[Si](C)(C)N.C=COC(=O)C[Si](C)(C)N.C=Cc1ccc(C[SiH2]N[Si](C)(C)Cc2ccc(C=C)cc2)cc1. The van der Waals surface area contributed by atoms with E-state index in [0.717, 1.165) is 18.7 Å². The van der Waals surface area contributed by atoms with Crippen molar-refractivity contribution in [1.29, 1.82) is 0 Å². The van der Waals surface area contributed by atoms with Crippen LogP contribution < -0.4 is 20.8 Å². The molecule has 0 heterocycles. The number of hydrogen-bond acceptors (Lipinski definition) is 6. The van der Waals surface area contributed by atoms with E-state index in [4.69, 9.17) is 10.8 Å². The van der Waals surface area contributed by atoms with Crippen LogP contribution in [0.25, 0.3) is 12.2 Å². The normalized spacial score (nSPS) is 10.9. The standard InChI is InChI=1S/C20H27NSi2.C9H20N2OSi.C6H13NO2Si.2CH4/c1-5-17-7-11-19(12-8-17)15-22-21-23(3,4)16-20-13-9-18(6-2)10-14-20;1-8(2)9(12)11-6-5-7-13(3,4)10;1-4-9-6(8)5-10(2,3)7;;/h5-14,21H,1-2,15-16,22H2,3-4H3;1,5-7,10H2,2-4H3,(H,11,12);4H,1,5,7H2,2-3H3;2*1H4. The van der Waals surface area contributed by atoms with Crippen molar-refractivity contribution >= 4 is 58.4 Å². The monoisotopic (exact) mass is 728 g/mol. The first kappa shape index (κ1) is 49.5. The molecule has 0 saturated heterocycles. The Morgan fingerprint density at radius 2 is 1.31 bits per heavy atom. The number of nitrogens with two attached hydrogens (primary N) is 2. The molecule has 7 nitrogen and oxygen atoms in total. The minimum atomic E-state index is -1.78. The van der Waals surface area contributed by atoms with Crippen LogP contribution in [0, 0.1) is 0 Å². The number of esters is 1. The lowest BCUT2D eigenvalue weighted by Crippen LogP contribution is -2.49. The zero-order valence-electron chi connectivity index (χ0n) is 29.5. The lowest BCUT2D eigenvalue weighted by Gasteiger charge is -2.24. The third-order valence-corrected chi connectivity index (χ3v) is 16.4. The number of amides is 1. The van der Waals surface area contributed by atoms with Gasteiger partial charge < -0.3 is 25.5 Å². The van der Waals surface area contributed by atoms with Crippen molar-refractivity contribution in [1.82, 2.24) is 9.96 Å². The summed E-state index contributed by atoms with van der Waals surface area (Å²) in [5.41, 5.74) is 5.82. The van der Waals surface area contributed by atoms with Gasteiger partial charge in [-0.2, -0.15) is 0 Å². The van der Waals surface area contributed by atoms with Crippen molar-refractivity contribution in [3.05, 3.63) is 109 Å². The Balaban J connectivity index is -0.000000693. The van der Waals surface area contributed by atoms with E-state index in [9.17, 15) is 9.59 Å². The Bertz CT molecular complexity index is 1250. The molecule has 0 aromatic heterocycles. The zero-order chi connectivity index (χ0) is 35.4. The largest absolute Gasteiger partial charge is 0.435 e. The van der Waals surface area contributed by atoms with Gasteiger partial charge in [-0.05, 0) is 53.7 Å². The minimum absolute atomic E-state index is 0. The summed E-state index contributed by atoms with van der Waals surface area (Å²) in [4.78, 5) is 21.8. The molecular formula is C37H68N4O3Si4. The van der Waals surface area contributed by atoms with E-state index in [1.165, 1.54) is 34.3 Å². The van der Waals surface area contributed by atoms with Crippen LogP contribution in [0.1, 0.15) is 50.5 Å². The first-order valence-corrected chi connectivity index (χ1v) is 27.3. The van der Waals surface area contributed by atoms with Gasteiger partial charge >= 0.3 is 5.97 Å². The molecule has 0 fully saturated rings. The van der Waals surface area contributed by atoms with Crippen LogP contribution in [0.2, 0.25) is 51.4 Å². The van der Waals surface area contributed by atoms with Crippen LogP contribution in [-0.2, 0) is 26.4 Å². The van der Waals surface area contributed by atoms with Gasteiger partial charge in [0.25, 0.3) is 0 Å². The molecule has 6 N–H and O–H groups in total. The lowest BCUT2D eigenvalue weighted by atomic mass is 10.1. The molecule has 0 aliphatic carbocycles. The summed E-state index contributed by atoms with van der Waals surface area (Å²) < 4.78 is 8.45. The first-order chi connectivity index (χ1) is 21.3. The van der Waals surface area contributed by atoms with Gasteiger partial charge in [0.1, 0.15) is 24.7 Å². The Hall–Kier alpha value is -2.91. The molecule has 0 unspecified atom stereocenters. The number of carbonyl (C=O) groups is 2. The molecule has 1 amide bonds. The molecule has 0 spiro atoms. The Labute approximate surface area is 299 Å². The van der Waals surface area contributed by atoms with Crippen molar-refractivity contribution < 1.29 is 14.3 Å². The van der Waals surface area contributed by atoms with Gasteiger partial charge in [0.15, 0.2) is 0 Å². The Morgan fingerprint density at radius 1 is 0.833 bits per heavy atom. The molecule has 270 valence electrons. The molecule has 11 heteroatoms. The summed E-state index contributed by atoms with van der Waals surface area (Å²) in [5, 5.41) is 14.4. The molecule has 2 rings (SSSR count). The van der Waals surface area contributed by atoms with Crippen molar-refractivity contribution in [2.75, 3.05) is 6.54 Å². The maximum Gasteiger partial charge on any atom is 0.309 e. The highest BCUT2D eigenvalue weighted by Gasteiger charge is 2.21. The van der Waals surface area contributed by atoms with Crippen molar-refractivity contribution in [2.24, 2.45) is 10.8 Å². The van der Waals surface area contributed by atoms with Crippen LogP contribution in [0.5, 0.6) is 0 Å². The summed E-state index contributed by atoms with van der Waals surface area (Å²) in [6, 6.07) is 21.4. The smallest absolute Gasteiger partial charge is 0.309 e. The Morgan fingerprint density at radius 3 is 1.71 bits per heavy atom. The van der Waals surface area contributed by atoms with Gasteiger partial charge in [0.05, 0.1) is 22.0 Å². The fraction of sp³-hybridized carbons (Fsp3) is 0.405. The average molecular weight is 729 g/mol. The van der Waals surface area contributed by atoms with E-state index < -0.39 is 24.7 Å². The highest BCUT2D eigenvalue weighted by atomic mass is 28.4. The van der Waals surface area contributed by atoms with Gasteiger partial charge in [0.2, 0.25) is 5.91 Å². The predicted octanol–water partition coefficient (Wildman–Crippen LogP) is 7.47. The van der Waals surface area contributed by atoms with E-state index in [0.29, 0.717) is 18.2 Å². The summed E-state index contributed by atoms with van der Waals surface area (Å²) in [6.07, 6.45) is 5.89. The second kappa shape index (κ2) is 25.1. The minimum Gasteiger partial charge on any atom is -0.435 e. The maximum absolute atomic E-state index is 11.0. The Kier molecular flexibility index (Phi) is 25.9. The summed E-state index contributed by atoms with van der Waals surface area (Å²) in [5.74, 6) is -0.342. The molecule has 2 aromatic rings. The third kappa shape index (κ3) is 27.1. The highest BCUT2D eigenvalue weighted by molar-refractivity contribution is 6.80. The van der Waals surface area contributed by atoms with Crippen molar-refractivity contribution in [2.45, 2.75) is 91.7 Å². The number of nitrogens with one attached hydrogen (secondary N) is 2. The molecule has 0 aliphatic rings. The quantitative estimate of drug-likeness (QED) is 0.0468. The van der Waals surface area contributed by atoms with Crippen molar-refractivity contribution in [3.8, 4) is 0 Å². The average Bonchev–Trinajstić information content (AvgIpc) is 2.95. The highest BCUT2D eigenvalue weighted by Crippen LogP contribution is 2.12. The van der Waals surface area contributed by atoms with Gasteiger partial charge in [0, 0.05) is 12.1 Å². The second-order valence-electron chi connectivity index (χ2n) is 13.6. The predicted molar refractivity (Wildman–Crippen MR) is 225 cm³/mol. The van der Waals surface area contributed by atoms with Gasteiger partial charge in [-0.1, -0.05) is 141 Å². The van der Waals surface area contributed by atoms with Gasteiger partial charge in [-0.3, -0.25) is 9.59 Å². The summed E-state index contributed by atoms with van der Waals surface area (Å²) >= 11 is 0. The van der Waals surface area contributed by atoms with Crippen LogP contribution in [0.4, 0.5) is 0 Å². The van der Waals surface area contributed by atoms with Crippen LogP contribution in [0.15, 0.2) is 86.7 Å². The first-order valence-electron chi connectivity index (χ1n) is 15.8. The number of benzene rings is 2. The number of carbonyl (C=O) groups excluding carboxylic acids is 2. The molecule has 0 saturated carbocycles. The van der Waals surface area contributed by atoms with E-state index in [1.807, 2.05) is 25.2 Å². The topological polar surface area (TPSA) is 119 Å². The van der Waals surface area contributed by atoms with Gasteiger partial charge in [-0.25, -0.2) is 0 Å². The summed E-state index contributed by atoms with van der Waals surface area (Å²) in [7, 11) is -4.85. The molecule has 48 heavy (non-hydrogen) atoms. The van der Waals surface area contributed by atoms with Crippen molar-refractivity contribution in [3.63, 3.8) is 0 Å². The summed E-state index contributed by atoms with van der Waals surface area (Å²) in [6.45, 7) is 29.7. The van der Waals surface area contributed by atoms with E-state index >= 15 is 0 Å². The van der Waals surface area contributed by atoms with Crippen LogP contribution in [-0.4, -0.2) is 52.8 Å². The molecule has 0 bridgehead atoms. The third-order valence-electron chi connectivity index (χ3n) is 6.58. The number of rotatable bonds is 16. The molecule has 2 aromatic carbocycles. The lowest BCUT2D eigenvalue weighted by molar-refractivity contribution is -0.135. The molecular weight excluding hydrogens is 661 g/mol. The molecule has 0 atom stereocenters.